The number of rotatable bonds is 6. The molecule has 0 saturated heterocycles. The molecule has 0 aliphatic rings. The van der Waals surface area contributed by atoms with Crippen molar-refractivity contribution in [3.05, 3.63) is 0 Å². The van der Waals surface area contributed by atoms with Crippen LogP contribution in [-0.2, 0) is 14.3 Å². The van der Waals surface area contributed by atoms with Crippen LogP contribution in [0.4, 0.5) is 0 Å². The highest BCUT2D eigenvalue weighted by molar-refractivity contribution is 7.98. The molecule has 0 aliphatic heterocycles. The molecule has 0 amide bonds. The van der Waals surface area contributed by atoms with Gasteiger partial charge in [-0.15, -0.1) is 0 Å². The van der Waals surface area contributed by atoms with Crippen molar-refractivity contribution in [2.45, 2.75) is 39.2 Å². The molecule has 0 rings (SSSR count). The number of thioether (sulfide) groups is 1. The summed E-state index contributed by atoms with van der Waals surface area (Å²) in [7, 11) is 0. The van der Waals surface area contributed by atoms with Crippen LogP contribution in [0.3, 0.4) is 0 Å². The molecule has 0 radical (unpaired) electrons. The molecule has 4 nitrogen and oxygen atoms in total. The predicted molar refractivity (Wildman–Crippen MR) is 64.6 cm³/mol. The van der Waals surface area contributed by atoms with Gasteiger partial charge in [-0.25, -0.2) is 0 Å². The van der Waals surface area contributed by atoms with E-state index in [0.717, 1.165) is 5.75 Å². The van der Waals surface area contributed by atoms with E-state index >= 15 is 0 Å². The van der Waals surface area contributed by atoms with Crippen LogP contribution in [0.25, 0.3) is 0 Å². The van der Waals surface area contributed by atoms with Gasteiger partial charge in [-0.3, -0.25) is 9.59 Å². The van der Waals surface area contributed by atoms with Gasteiger partial charge < -0.3 is 9.84 Å². The second kappa shape index (κ2) is 6.78. The van der Waals surface area contributed by atoms with Crippen LogP contribution in [0.2, 0.25) is 0 Å². The minimum Gasteiger partial charge on any atom is -0.481 e. The number of hydrogen-bond donors (Lipinski definition) is 1. The van der Waals surface area contributed by atoms with E-state index in [0.29, 0.717) is 6.42 Å². The van der Waals surface area contributed by atoms with Gasteiger partial charge in [-0.1, -0.05) is 0 Å². The van der Waals surface area contributed by atoms with E-state index in [4.69, 9.17) is 9.84 Å². The second-order valence-electron chi connectivity index (χ2n) is 4.61. The normalized spacial score (nSPS) is 13.2. The molecule has 94 valence electrons. The third-order valence-electron chi connectivity index (χ3n) is 1.85. The molecule has 0 aliphatic carbocycles. The topological polar surface area (TPSA) is 63.6 Å². The van der Waals surface area contributed by atoms with Crippen molar-refractivity contribution in [2.75, 3.05) is 12.0 Å². The van der Waals surface area contributed by atoms with Gasteiger partial charge >= 0.3 is 11.9 Å². The molecule has 5 heteroatoms. The Hall–Kier alpha value is -0.710. The van der Waals surface area contributed by atoms with Crippen LogP contribution < -0.4 is 0 Å². The van der Waals surface area contributed by atoms with Gasteiger partial charge in [0.15, 0.2) is 0 Å². The Morgan fingerprint density at radius 2 is 1.94 bits per heavy atom. The van der Waals surface area contributed by atoms with E-state index in [1.54, 1.807) is 32.5 Å². The van der Waals surface area contributed by atoms with Gasteiger partial charge in [0.1, 0.15) is 5.60 Å². The lowest BCUT2D eigenvalue weighted by atomic mass is 10.0. The number of carbonyl (C=O) groups excluding carboxylic acids is 1. The van der Waals surface area contributed by atoms with E-state index in [9.17, 15) is 9.59 Å². The Kier molecular flexibility index (Phi) is 6.48. The SMILES string of the molecule is CSCC[C@H](CC(=O)OC(C)(C)C)C(=O)O. The summed E-state index contributed by atoms with van der Waals surface area (Å²) in [6.07, 6.45) is 2.36. The highest BCUT2D eigenvalue weighted by Crippen LogP contribution is 2.16. The minimum absolute atomic E-state index is 0.0484. The fourth-order valence-corrected chi connectivity index (χ4v) is 1.68. The van der Waals surface area contributed by atoms with Crippen molar-refractivity contribution in [2.24, 2.45) is 5.92 Å². The molecule has 0 bridgehead atoms. The molecular formula is C11H20O4S. The lowest BCUT2D eigenvalue weighted by Crippen LogP contribution is -2.27. The second-order valence-corrected chi connectivity index (χ2v) is 5.59. The van der Waals surface area contributed by atoms with Crippen LogP contribution in [0.15, 0.2) is 0 Å². The maximum atomic E-state index is 11.4. The molecule has 16 heavy (non-hydrogen) atoms. The van der Waals surface area contributed by atoms with Crippen LogP contribution in [0.1, 0.15) is 33.6 Å². The Morgan fingerprint density at radius 3 is 2.31 bits per heavy atom. The first-order chi connectivity index (χ1) is 7.26. The van der Waals surface area contributed by atoms with Gasteiger partial charge in [-0.2, -0.15) is 11.8 Å². The maximum absolute atomic E-state index is 11.4. The lowest BCUT2D eigenvalue weighted by Gasteiger charge is -2.20. The highest BCUT2D eigenvalue weighted by Gasteiger charge is 2.24. The zero-order valence-electron chi connectivity index (χ0n) is 10.3. The van der Waals surface area contributed by atoms with E-state index in [2.05, 4.69) is 0 Å². The smallest absolute Gasteiger partial charge is 0.307 e. The number of carbonyl (C=O) groups is 2. The third kappa shape index (κ3) is 7.56. The largest absolute Gasteiger partial charge is 0.481 e. The molecular weight excluding hydrogens is 228 g/mol. The van der Waals surface area contributed by atoms with Crippen molar-refractivity contribution in [1.82, 2.24) is 0 Å². The quantitative estimate of drug-likeness (QED) is 0.730. The summed E-state index contributed by atoms with van der Waals surface area (Å²) in [6, 6.07) is 0. The Bertz CT molecular complexity index is 245. The molecule has 0 unspecified atom stereocenters. The Labute approximate surface area is 101 Å². The number of carboxylic acid groups (broad SMARTS) is 1. The first-order valence-electron chi connectivity index (χ1n) is 5.20. The predicted octanol–water partition coefficient (Wildman–Crippen LogP) is 2.17. The summed E-state index contributed by atoms with van der Waals surface area (Å²) >= 11 is 1.57. The number of aliphatic carboxylic acids is 1. The molecule has 1 N–H and O–H groups in total. The lowest BCUT2D eigenvalue weighted by molar-refractivity contribution is -0.159. The standard InChI is InChI=1S/C11H20O4S/c1-11(2,3)15-9(12)7-8(10(13)14)5-6-16-4/h8H,5-7H2,1-4H3,(H,13,14)/t8-/m1/s1. The van der Waals surface area contributed by atoms with E-state index in [1.807, 2.05) is 6.26 Å². The third-order valence-corrected chi connectivity index (χ3v) is 2.50. The van der Waals surface area contributed by atoms with Crippen molar-refractivity contribution in [3.63, 3.8) is 0 Å². The monoisotopic (exact) mass is 248 g/mol. The number of ether oxygens (including phenoxy) is 1. The molecule has 0 fully saturated rings. The fourth-order valence-electron chi connectivity index (χ4n) is 1.16. The number of esters is 1. The minimum atomic E-state index is -0.931. The van der Waals surface area contributed by atoms with Crippen molar-refractivity contribution >= 4 is 23.7 Å². The first kappa shape index (κ1) is 15.3. The van der Waals surface area contributed by atoms with Gasteiger partial charge in [-0.05, 0) is 39.2 Å². The molecule has 0 aromatic rings. The number of hydrogen-bond acceptors (Lipinski definition) is 4. The van der Waals surface area contributed by atoms with Gasteiger partial charge in [0.2, 0.25) is 0 Å². The zero-order valence-corrected chi connectivity index (χ0v) is 11.1. The van der Waals surface area contributed by atoms with Crippen LogP contribution in [0, 0.1) is 5.92 Å². The summed E-state index contributed by atoms with van der Waals surface area (Å²) in [4.78, 5) is 22.3. The summed E-state index contributed by atoms with van der Waals surface area (Å²) in [5, 5.41) is 8.93. The van der Waals surface area contributed by atoms with E-state index in [1.165, 1.54) is 0 Å². The number of carboxylic acids is 1. The molecule has 0 spiro atoms. The highest BCUT2D eigenvalue weighted by atomic mass is 32.2. The fraction of sp³-hybridized carbons (Fsp3) is 0.818. The van der Waals surface area contributed by atoms with Gasteiger partial charge in [0, 0.05) is 0 Å². The molecule has 0 heterocycles. The van der Waals surface area contributed by atoms with Crippen molar-refractivity contribution in [1.29, 1.82) is 0 Å². The van der Waals surface area contributed by atoms with Gasteiger partial charge in [0.05, 0.1) is 12.3 Å². The Morgan fingerprint density at radius 1 is 1.38 bits per heavy atom. The summed E-state index contributed by atoms with van der Waals surface area (Å²) < 4.78 is 5.09. The summed E-state index contributed by atoms with van der Waals surface area (Å²) in [6.45, 7) is 5.30. The molecule has 1 atom stereocenters. The van der Waals surface area contributed by atoms with Crippen LogP contribution in [-0.4, -0.2) is 34.7 Å². The molecule has 0 aromatic heterocycles. The average molecular weight is 248 g/mol. The molecule has 0 saturated carbocycles. The van der Waals surface area contributed by atoms with E-state index in [-0.39, 0.29) is 6.42 Å². The van der Waals surface area contributed by atoms with Crippen molar-refractivity contribution < 1.29 is 19.4 Å². The zero-order chi connectivity index (χ0) is 12.8. The Balaban J connectivity index is 4.19. The summed E-state index contributed by atoms with van der Waals surface area (Å²) in [5.41, 5.74) is -0.556. The average Bonchev–Trinajstić information content (AvgIpc) is 2.08. The maximum Gasteiger partial charge on any atom is 0.307 e. The van der Waals surface area contributed by atoms with Crippen LogP contribution >= 0.6 is 11.8 Å². The summed E-state index contributed by atoms with van der Waals surface area (Å²) in [5.74, 6) is -1.28. The molecule has 0 aromatic carbocycles. The van der Waals surface area contributed by atoms with Crippen LogP contribution in [0.5, 0.6) is 0 Å². The van der Waals surface area contributed by atoms with E-state index < -0.39 is 23.5 Å². The van der Waals surface area contributed by atoms with Gasteiger partial charge in [0.25, 0.3) is 0 Å². The first-order valence-corrected chi connectivity index (χ1v) is 6.59. The van der Waals surface area contributed by atoms with Crippen molar-refractivity contribution in [3.8, 4) is 0 Å².